The largest absolute Gasteiger partial charge is 0.392 e. The molecule has 1 unspecified atom stereocenters. The highest BCUT2D eigenvalue weighted by atomic mass is 32.2. The maximum absolute atomic E-state index is 11.8. The van der Waals surface area contributed by atoms with E-state index in [0.29, 0.717) is 6.54 Å². The SMILES string of the molecule is CC(C(N)=S)S(=O)(=O)NCCCN(C)Cc1ccccc1. The van der Waals surface area contributed by atoms with E-state index in [1.165, 1.54) is 12.5 Å². The van der Waals surface area contributed by atoms with Crippen molar-refractivity contribution in [3.63, 3.8) is 0 Å². The van der Waals surface area contributed by atoms with Crippen LogP contribution in [0.25, 0.3) is 0 Å². The Kier molecular flexibility index (Phi) is 7.24. The second kappa shape index (κ2) is 8.43. The molecule has 7 heteroatoms. The highest BCUT2D eigenvalue weighted by Crippen LogP contribution is 2.03. The third-order valence-corrected chi connectivity index (χ3v) is 5.48. The Bertz CT molecular complexity index is 547. The minimum atomic E-state index is -3.45. The van der Waals surface area contributed by atoms with Crippen molar-refractivity contribution < 1.29 is 8.42 Å². The van der Waals surface area contributed by atoms with Crippen molar-refractivity contribution in [2.75, 3.05) is 20.1 Å². The molecule has 1 aromatic rings. The lowest BCUT2D eigenvalue weighted by atomic mass is 10.2. The van der Waals surface area contributed by atoms with Crippen LogP contribution in [0.15, 0.2) is 30.3 Å². The maximum atomic E-state index is 11.8. The molecule has 21 heavy (non-hydrogen) atoms. The van der Waals surface area contributed by atoms with E-state index in [-0.39, 0.29) is 4.99 Å². The Balaban J connectivity index is 2.29. The van der Waals surface area contributed by atoms with E-state index < -0.39 is 15.3 Å². The smallest absolute Gasteiger partial charge is 0.220 e. The molecule has 0 bridgehead atoms. The number of nitrogens with two attached hydrogens (primary N) is 1. The zero-order valence-electron chi connectivity index (χ0n) is 12.5. The zero-order valence-corrected chi connectivity index (χ0v) is 14.1. The predicted molar refractivity (Wildman–Crippen MR) is 90.6 cm³/mol. The molecule has 1 rings (SSSR count). The highest BCUT2D eigenvalue weighted by molar-refractivity contribution is 7.93. The van der Waals surface area contributed by atoms with E-state index in [0.717, 1.165) is 19.5 Å². The number of hydrogen-bond donors (Lipinski definition) is 2. The molecule has 0 saturated heterocycles. The Labute approximate surface area is 132 Å². The topological polar surface area (TPSA) is 75.4 Å². The molecule has 118 valence electrons. The van der Waals surface area contributed by atoms with E-state index in [1.54, 1.807) is 0 Å². The molecule has 1 atom stereocenters. The van der Waals surface area contributed by atoms with Gasteiger partial charge in [-0.15, -0.1) is 0 Å². The molecule has 3 N–H and O–H groups in total. The van der Waals surface area contributed by atoms with Crippen molar-refractivity contribution in [3.05, 3.63) is 35.9 Å². The van der Waals surface area contributed by atoms with E-state index in [2.05, 4.69) is 21.8 Å². The van der Waals surface area contributed by atoms with Gasteiger partial charge in [0, 0.05) is 13.1 Å². The summed E-state index contributed by atoms with van der Waals surface area (Å²) in [5, 5.41) is -0.838. The van der Waals surface area contributed by atoms with Crippen LogP contribution in [0.1, 0.15) is 18.9 Å². The molecule has 0 aromatic heterocycles. The number of nitrogens with one attached hydrogen (secondary N) is 1. The lowest BCUT2D eigenvalue weighted by Gasteiger charge is -2.17. The molecule has 0 radical (unpaired) electrons. The summed E-state index contributed by atoms with van der Waals surface area (Å²) in [5.74, 6) is 0. The number of hydrogen-bond acceptors (Lipinski definition) is 4. The van der Waals surface area contributed by atoms with Crippen LogP contribution in [-0.4, -0.2) is 43.7 Å². The van der Waals surface area contributed by atoms with Gasteiger partial charge in [0.2, 0.25) is 10.0 Å². The van der Waals surface area contributed by atoms with Crippen LogP contribution in [0.2, 0.25) is 0 Å². The summed E-state index contributed by atoms with van der Waals surface area (Å²) in [4.78, 5) is 2.14. The second-order valence-corrected chi connectivity index (χ2v) is 7.62. The molecule has 0 aliphatic carbocycles. The van der Waals surface area contributed by atoms with Gasteiger partial charge in [0.1, 0.15) is 5.25 Å². The summed E-state index contributed by atoms with van der Waals surface area (Å²) >= 11 is 4.71. The fourth-order valence-corrected chi connectivity index (χ4v) is 3.18. The summed E-state index contributed by atoms with van der Waals surface area (Å²) < 4.78 is 26.2. The van der Waals surface area contributed by atoms with Gasteiger partial charge in [-0.1, -0.05) is 42.5 Å². The normalized spacial score (nSPS) is 13.3. The third kappa shape index (κ3) is 6.52. The van der Waals surface area contributed by atoms with Gasteiger partial charge in [-0.25, -0.2) is 13.1 Å². The Morgan fingerprint density at radius 2 is 2.00 bits per heavy atom. The predicted octanol–water partition coefficient (Wildman–Crippen LogP) is 1.10. The highest BCUT2D eigenvalue weighted by Gasteiger charge is 2.22. The maximum Gasteiger partial charge on any atom is 0.220 e. The monoisotopic (exact) mass is 329 g/mol. The first-order valence-corrected chi connectivity index (χ1v) is 8.78. The van der Waals surface area contributed by atoms with Gasteiger partial charge >= 0.3 is 0 Å². The minimum absolute atomic E-state index is 0.0105. The van der Waals surface area contributed by atoms with Crippen molar-refractivity contribution in [2.45, 2.75) is 25.1 Å². The van der Waals surface area contributed by atoms with Gasteiger partial charge in [-0.2, -0.15) is 0 Å². The molecular weight excluding hydrogens is 306 g/mol. The van der Waals surface area contributed by atoms with E-state index >= 15 is 0 Å². The number of nitrogens with zero attached hydrogens (tertiary/aromatic N) is 1. The molecular formula is C14H23N3O2S2. The van der Waals surface area contributed by atoms with Gasteiger partial charge in [-0.05, 0) is 32.5 Å². The van der Waals surface area contributed by atoms with Gasteiger partial charge in [0.05, 0.1) is 4.99 Å². The average Bonchev–Trinajstić information content (AvgIpc) is 2.43. The zero-order chi connectivity index (χ0) is 15.9. The van der Waals surface area contributed by atoms with E-state index in [1.807, 2.05) is 25.2 Å². The molecule has 1 aromatic carbocycles. The molecule has 0 spiro atoms. The van der Waals surface area contributed by atoms with Crippen LogP contribution in [0.5, 0.6) is 0 Å². The van der Waals surface area contributed by atoms with E-state index in [9.17, 15) is 8.42 Å². The first kappa shape index (κ1) is 18.0. The molecule has 0 heterocycles. The van der Waals surface area contributed by atoms with Crippen molar-refractivity contribution in [1.82, 2.24) is 9.62 Å². The molecule has 0 saturated carbocycles. The van der Waals surface area contributed by atoms with Crippen LogP contribution < -0.4 is 10.5 Å². The van der Waals surface area contributed by atoms with Crippen molar-refractivity contribution >= 4 is 27.2 Å². The van der Waals surface area contributed by atoms with E-state index in [4.69, 9.17) is 18.0 Å². The van der Waals surface area contributed by atoms with Crippen molar-refractivity contribution in [2.24, 2.45) is 5.73 Å². The van der Waals surface area contributed by atoms with Crippen LogP contribution >= 0.6 is 12.2 Å². The third-order valence-electron chi connectivity index (χ3n) is 3.18. The standard InChI is InChI=1S/C14H23N3O2S2/c1-12(14(15)20)21(18,19)16-9-6-10-17(2)11-13-7-4-3-5-8-13/h3-5,7-8,12,16H,6,9-11H2,1-2H3,(H2,15,20). The average molecular weight is 329 g/mol. The quantitative estimate of drug-likeness (QED) is 0.524. The molecule has 0 fully saturated rings. The Hall–Kier alpha value is -1.02. The first-order chi connectivity index (χ1) is 9.83. The van der Waals surface area contributed by atoms with Gasteiger partial charge in [0.15, 0.2) is 0 Å². The summed E-state index contributed by atoms with van der Waals surface area (Å²) in [7, 11) is -1.44. The molecule has 0 amide bonds. The lowest BCUT2D eigenvalue weighted by Crippen LogP contribution is -2.40. The molecule has 0 aliphatic rings. The second-order valence-electron chi connectivity index (χ2n) is 5.06. The van der Waals surface area contributed by atoms with Crippen LogP contribution in [0, 0.1) is 0 Å². The van der Waals surface area contributed by atoms with Crippen LogP contribution in [-0.2, 0) is 16.6 Å². The number of thiocarbonyl (C=S) groups is 1. The fourth-order valence-electron chi connectivity index (χ4n) is 1.82. The summed E-state index contributed by atoms with van der Waals surface area (Å²) in [6.45, 7) is 3.52. The number of benzene rings is 1. The fraction of sp³-hybridized carbons (Fsp3) is 0.500. The van der Waals surface area contributed by atoms with Crippen molar-refractivity contribution in [1.29, 1.82) is 0 Å². The van der Waals surface area contributed by atoms with Crippen LogP contribution in [0.3, 0.4) is 0 Å². The molecule has 0 aliphatic heterocycles. The first-order valence-electron chi connectivity index (χ1n) is 6.83. The number of sulfonamides is 1. The summed E-state index contributed by atoms with van der Waals surface area (Å²) in [5.41, 5.74) is 6.60. The lowest BCUT2D eigenvalue weighted by molar-refractivity contribution is 0.322. The summed E-state index contributed by atoms with van der Waals surface area (Å²) in [6.07, 6.45) is 0.729. The summed E-state index contributed by atoms with van der Waals surface area (Å²) in [6, 6.07) is 10.1. The van der Waals surface area contributed by atoms with Gasteiger partial charge < -0.3 is 10.6 Å². The number of rotatable bonds is 9. The Morgan fingerprint density at radius 1 is 1.38 bits per heavy atom. The van der Waals surface area contributed by atoms with Gasteiger partial charge in [-0.3, -0.25) is 0 Å². The van der Waals surface area contributed by atoms with Crippen LogP contribution in [0.4, 0.5) is 0 Å². The van der Waals surface area contributed by atoms with Crippen molar-refractivity contribution in [3.8, 4) is 0 Å². The minimum Gasteiger partial charge on any atom is -0.392 e. The Morgan fingerprint density at radius 3 is 2.57 bits per heavy atom. The van der Waals surface area contributed by atoms with Gasteiger partial charge in [0.25, 0.3) is 0 Å². The molecule has 5 nitrogen and oxygen atoms in total.